The van der Waals surface area contributed by atoms with Crippen molar-refractivity contribution in [2.75, 3.05) is 7.11 Å². The van der Waals surface area contributed by atoms with Crippen LogP contribution in [0.1, 0.15) is 24.0 Å². The lowest BCUT2D eigenvalue weighted by atomic mass is 9.85. The summed E-state index contributed by atoms with van der Waals surface area (Å²) in [6.07, 6.45) is 1.71. The van der Waals surface area contributed by atoms with Crippen molar-refractivity contribution in [1.82, 2.24) is 15.6 Å². The first-order valence-corrected chi connectivity index (χ1v) is 10.4. The van der Waals surface area contributed by atoms with Crippen molar-refractivity contribution in [2.45, 2.75) is 50.2 Å². The average Bonchev–Trinajstić information content (AvgIpc) is 2.79. The quantitative estimate of drug-likeness (QED) is 0.481. The zero-order valence-corrected chi connectivity index (χ0v) is 17.2. The van der Waals surface area contributed by atoms with Gasteiger partial charge in [0.2, 0.25) is 0 Å². The number of rotatable bonds is 7. The van der Waals surface area contributed by atoms with E-state index in [1.54, 1.807) is 13.3 Å². The van der Waals surface area contributed by atoms with Gasteiger partial charge in [-0.2, -0.15) is 0 Å². The molecule has 2 aromatic carbocycles. The van der Waals surface area contributed by atoms with Gasteiger partial charge in [-0.3, -0.25) is 4.98 Å². The van der Waals surface area contributed by atoms with Gasteiger partial charge in [0.15, 0.2) is 0 Å². The standard InChI is InChI=1S/C24H29N3O3/c1-30-22-7-3-2-5-18(22)15-27-21-11-10-20(23(28)24(21)29)26-14-16-8-9-19-17(13-16)6-4-12-25-19/h2-9,12-13,20-21,23-24,26-29H,10-11,14-15H2,1H3/t20-,21-,23-,24+/m1/s1. The fourth-order valence-electron chi connectivity index (χ4n) is 4.20. The lowest BCUT2D eigenvalue weighted by Gasteiger charge is -2.38. The van der Waals surface area contributed by atoms with E-state index in [1.165, 1.54) is 0 Å². The van der Waals surface area contributed by atoms with Crippen LogP contribution >= 0.6 is 0 Å². The van der Waals surface area contributed by atoms with Gasteiger partial charge in [0.25, 0.3) is 0 Å². The third kappa shape index (κ3) is 4.63. The minimum atomic E-state index is -0.827. The van der Waals surface area contributed by atoms with Crippen molar-refractivity contribution < 1.29 is 14.9 Å². The molecule has 0 saturated heterocycles. The van der Waals surface area contributed by atoms with Crippen LogP contribution < -0.4 is 15.4 Å². The Bertz CT molecular complexity index is 981. The maximum absolute atomic E-state index is 10.7. The molecule has 6 heteroatoms. The molecular weight excluding hydrogens is 378 g/mol. The molecule has 3 aromatic rings. The minimum absolute atomic E-state index is 0.145. The van der Waals surface area contributed by atoms with Crippen LogP contribution in [0.15, 0.2) is 60.8 Å². The van der Waals surface area contributed by atoms with Crippen LogP contribution in [0.25, 0.3) is 10.9 Å². The molecule has 6 nitrogen and oxygen atoms in total. The molecule has 4 rings (SSSR count). The summed E-state index contributed by atoms with van der Waals surface area (Å²) in [7, 11) is 1.65. The second-order valence-corrected chi connectivity index (χ2v) is 7.88. The predicted molar refractivity (Wildman–Crippen MR) is 117 cm³/mol. The lowest BCUT2D eigenvalue weighted by Crippen LogP contribution is -2.58. The van der Waals surface area contributed by atoms with Gasteiger partial charge in [-0.05, 0) is 42.7 Å². The van der Waals surface area contributed by atoms with E-state index < -0.39 is 12.2 Å². The van der Waals surface area contributed by atoms with E-state index in [-0.39, 0.29) is 12.1 Å². The van der Waals surface area contributed by atoms with E-state index in [9.17, 15) is 10.2 Å². The summed E-state index contributed by atoms with van der Waals surface area (Å²) in [5, 5.41) is 29.2. The lowest BCUT2D eigenvalue weighted by molar-refractivity contribution is -0.0488. The van der Waals surface area contributed by atoms with Gasteiger partial charge in [0.05, 0.1) is 24.8 Å². The van der Waals surface area contributed by atoms with Crippen LogP contribution in [-0.4, -0.2) is 46.6 Å². The van der Waals surface area contributed by atoms with Crippen LogP contribution in [0.5, 0.6) is 5.75 Å². The maximum Gasteiger partial charge on any atom is 0.123 e. The van der Waals surface area contributed by atoms with Gasteiger partial charge in [-0.15, -0.1) is 0 Å². The third-order valence-corrected chi connectivity index (χ3v) is 5.95. The van der Waals surface area contributed by atoms with Crippen LogP contribution in [-0.2, 0) is 13.1 Å². The number of para-hydroxylation sites is 1. The summed E-state index contributed by atoms with van der Waals surface area (Å²) in [4.78, 5) is 4.34. The van der Waals surface area contributed by atoms with E-state index in [4.69, 9.17) is 4.74 Å². The fourth-order valence-corrected chi connectivity index (χ4v) is 4.20. The molecule has 30 heavy (non-hydrogen) atoms. The number of aliphatic hydroxyl groups is 2. The Morgan fingerprint density at radius 3 is 2.43 bits per heavy atom. The third-order valence-electron chi connectivity index (χ3n) is 5.95. The van der Waals surface area contributed by atoms with Crippen LogP contribution in [0.3, 0.4) is 0 Å². The van der Waals surface area contributed by atoms with Crippen LogP contribution in [0.4, 0.5) is 0 Å². The highest BCUT2D eigenvalue weighted by molar-refractivity contribution is 5.78. The second-order valence-electron chi connectivity index (χ2n) is 7.88. The molecule has 0 unspecified atom stereocenters. The van der Waals surface area contributed by atoms with Crippen molar-refractivity contribution in [2.24, 2.45) is 0 Å². The number of hydrogen-bond donors (Lipinski definition) is 4. The predicted octanol–water partition coefficient (Wildman–Crippen LogP) is 2.38. The van der Waals surface area contributed by atoms with E-state index in [2.05, 4.69) is 21.7 Å². The first-order chi connectivity index (χ1) is 14.7. The van der Waals surface area contributed by atoms with Crippen molar-refractivity contribution in [3.05, 3.63) is 71.9 Å². The number of methoxy groups -OCH3 is 1. The topological polar surface area (TPSA) is 86.6 Å². The van der Waals surface area contributed by atoms with Gasteiger partial charge >= 0.3 is 0 Å². The number of pyridine rings is 1. The molecule has 4 atom stereocenters. The molecule has 0 bridgehead atoms. The Morgan fingerprint density at radius 1 is 0.933 bits per heavy atom. The Balaban J connectivity index is 1.32. The fraction of sp³-hybridized carbons (Fsp3) is 0.375. The molecule has 1 fully saturated rings. The Kier molecular flexibility index (Phi) is 6.59. The van der Waals surface area contributed by atoms with Gasteiger partial charge in [0.1, 0.15) is 5.75 Å². The molecule has 1 aromatic heterocycles. The molecule has 0 radical (unpaired) electrons. The number of fused-ring (bicyclic) bond motifs is 1. The number of nitrogens with one attached hydrogen (secondary N) is 2. The highest BCUT2D eigenvalue weighted by Gasteiger charge is 2.36. The van der Waals surface area contributed by atoms with Crippen molar-refractivity contribution >= 4 is 10.9 Å². The Morgan fingerprint density at radius 2 is 1.67 bits per heavy atom. The van der Waals surface area contributed by atoms with E-state index >= 15 is 0 Å². The van der Waals surface area contributed by atoms with Crippen molar-refractivity contribution in [3.63, 3.8) is 0 Å². The smallest absolute Gasteiger partial charge is 0.123 e. The molecule has 0 amide bonds. The second kappa shape index (κ2) is 9.53. The van der Waals surface area contributed by atoms with E-state index in [0.717, 1.165) is 40.6 Å². The van der Waals surface area contributed by atoms with Crippen LogP contribution in [0, 0.1) is 0 Å². The zero-order valence-electron chi connectivity index (χ0n) is 17.2. The molecule has 1 aliphatic carbocycles. The monoisotopic (exact) mass is 407 g/mol. The summed E-state index contributed by atoms with van der Waals surface area (Å²) in [5.74, 6) is 0.820. The van der Waals surface area contributed by atoms with E-state index in [1.807, 2.05) is 48.5 Å². The molecule has 1 aliphatic rings. The summed E-state index contributed by atoms with van der Waals surface area (Å²) < 4.78 is 5.39. The molecule has 4 N–H and O–H groups in total. The Hall–Kier alpha value is -2.51. The molecule has 1 heterocycles. The highest BCUT2D eigenvalue weighted by Crippen LogP contribution is 2.23. The zero-order chi connectivity index (χ0) is 20.9. The summed E-state index contributed by atoms with van der Waals surface area (Å²) in [6, 6.07) is 17.7. The first-order valence-electron chi connectivity index (χ1n) is 10.4. The number of benzene rings is 2. The number of aliphatic hydroxyl groups excluding tert-OH is 2. The summed E-state index contributed by atoms with van der Waals surface area (Å²) in [5.41, 5.74) is 3.14. The number of ether oxygens (including phenoxy) is 1. The maximum atomic E-state index is 10.7. The minimum Gasteiger partial charge on any atom is -0.496 e. The van der Waals surface area contributed by atoms with E-state index in [0.29, 0.717) is 13.1 Å². The molecule has 158 valence electrons. The van der Waals surface area contributed by atoms with Crippen LogP contribution in [0.2, 0.25) is 0 Å². The first kappa shape index (κ1) is 20.8. The largest absolute Gasteiger partial charge is 0.496 e. The number of nitrogens with zero attached hydrogens (tertiary/aromatic N) is 1. The highest BCUT2D eigenvalue weighted by atomic mass is 16.5. The number of hydrogen-bond acceptors (Lipinski definition) is 6. The van der Waals surface area contributed by atoms with Gasteiger partial charge in [0, 0.05) is 42.3 Å². The SMILES string of the molecule is COc1ccccc1CN[C@@H]1CC[C@@H](NCc2ccc3ncccc3c2)[C@@H](O)[C@H]1O. The van der Waals surface area contributed by atoms with Gasteiger partial charge in [-0.1, -0.05) is 30.3 Å². The number of aromatic nitrogens is 1. The van der Waals surface area contributed by atoms with Gasteiger partial charge < -0.3 is 25.6 Å². The summed E-state index contributed by atoms with van der Waals surface area (Å²) >= 11 is 0. The normalized spacial score (nSPS) is 24.1. The van der Waals surface area contributed by atoms with Gasteiger partial charge in [-0.25, -0.2) is 0 Å². The van der Waals surface area contributed by atoms with Crippen molar-refractivity contribution in [1.29, 1.82) is 0 Å². The molecule has 0 spiro atoms. The molecule has 0 aliphatic heterocycles. The average molecular weight is 408 g/mol. The summed E-state index contributed by atoms with van der Waals surface area (Å²) in [6.45, 7) is 1.22. The molecular formula is C24H29N3O3. The molecule has 1 saturated carbocycles. The Labute approximate surface area is 176 Å². The van der Waals surface area contributed by atoms with Crippen molar-refractivity contribution in [3.8, 4) is 5.75 Å².